The summed E-state index contributed by atoms with van der Waals surface area (Å²) in [4.78, 5) is 0. The Labute approximate surface area is 199 Å². The van der Waals surface area contributed by atoms with Gasteiger partial charge in [0.2, 0.25) is 0 Å². The molecule has 1 nitrogen and oxygen atoms in total. The number of rotatable bonds is 24. The Bertz CT molecular complexity index is 244. The zero-order chi connectivity index (χ0) is 21.5. The van der Waals surface area contributed by atoms with Gasteiger partial charge in [0, 0.05) is 0 Å². The van der Waals surface area contributed by atoms with Crippen LogP contribution in [-0.2, 0) is 0 Å². The highest BCUT2D eigenvalue weighted by Gasteiger charge is 2.25. The van der Waals surface area contributed by atoms with E-state index < -0.39 is 0 Å². The zero-order valence-electron chi connectivity index (χ0n) is 21.8. The first-order valence-electron chi connectivity index (χ1n) is 14.1. The highest BCUT2D eigenvalue weighted by molar-refractivity contribution is 4.54. The minimum atomic E-state index is 0. The van der Waals surface area contributed by atoms with Crippen LogP contribution in [0, 0.1) is 0 Å². The quantitative estimate of drug-likeness (QED) is 0.115. The third-order valence-electron chi connectivity index (χ3n) is 6.94. The molecule has 0 N–H and O–H groups in total. The Hall–Kier alpha value is 0.250. The fraction of sp³-hybridized carbons (Fsp3) is 1.00. The van der Waals surface area contributed by atoms with Gasteiger partial charge in [0.1, 0.15) is 0 Å². The van der Waals surface area contributed by atoms with E-state index in [4.69, 9.17) is 0 Å². The van der Waals surface area contributed by atoms with Crippen molar-refractivity contribution in [1.29, 1.82) is 0 Å². The molecule has 0 rings (SSSR count). The van der Waals surface area contributed by atoms with Gasteiger partial charge in [-0.25, -0.2) is 0 Å². The van der Waals surface area contributed by atoms with Crippen LogP contribution in [0.1, 0.15) is 156 Å². The molecule has 0 unspecified atom stereocenters. The second kappa shape index (κ2) is 25.5. The molecule has 0 saturated carbocycles. The molecule has 0 aliphatic heterocycles. The number of hydrogen-bond acceptors (Lipinski definition) is 0. The molecular weight excluding hydrogens is 386 g/mol. The average Bonchev–Trinajstić information content (AvgIpc) is 2.73. The molecular formula is C28H60ClN. The number of quaternary nitrogens is 1. The lowest BCUT2D eigenvalue weighted by Crippen LogP contribution is -3.00. The van der Waals surface area contributed by atoms with Crippen molar-refractivity contribution >= 4 is 0 Å². The number of nitrogens with zero attached hydrogens (tertiary/aromatic N) is 1. The molecule has 2 heteroatoms. The topological polar surface area (TPSA) is 0 Å². The highest BCUT2D eigenvalue weighted by Crippen LogP contribution is 2.20. The van der Waals surface area contributed by atoms with Gasteiger partial charge in [-0.3, -0.25) is 0 Å². The van der Waals surface area contributed by atoms with E-state index in [1.54, 1.807) is 0 Å². The molecule has 0 aromatic rings. The lowest BCUT2D eigenvalue weighted by molar-refractivity contribution is -0.929. The Morgan fingerprint density at radius 3 is 0.700 bits per heavy atom. The molecule has 0 aliphatic carbocycles. The fourth-order valence-electron chi connectivity index (χ4n) is 4.87. The standard InChI is InChI=1S/C28H60N.ClH/c1-5-9-13-17-21-25-29(26-22-18-14-10-6-2,27-23-19-15-11-7-3)28-24-20-16-12-8-4;/h5-28H2,1-4H3;1H/q+1;/p-1. The molecule has 0 aromatic heterocycles. The summed E-state index contributed by atoms with van der Waals surface area (Å²) in [5.41, 5.74) is 0. The maximum Gasteiger partial charge on any atom is 0.0786 e. The molecule has 0 spiro atoms. The van der Waals surface area contributed by atoms with Crippen molar-refractivity contribution in [3.63, 3.8) is 0 Å². The third kappa shape index (κ3) is 20.2. The Kier molecular flexibility index (Phi) is 27.6. The average molecular weight is 446 g/mol. The van der Waals surface area contributed by atoms with Gasteiger partial charge in [0.25, 0.3) is 0 Å². The van der Waals surface area contributed by atoms with Gasteiger partial charge in [-0.1, -0.05) is 105 Å². The number of hydrogen-bond donors (Lipinski definition) is 0. The van der Waals surface area contributed by atoms with E-state index in [0.717, 1.165) is 0 Å². The summed E-state index contributed by atoms with van der Waals surface area (Å²) in [7, 11) is 0. The second-order valence-electron chi connectivity index (χ2n) is 9.89. The van der Waals surface area contributed by atoms with Crippen molar-refractivity contribution in [3.8, 4) is 0 Å². The van der Waals surface area contributed by atoms with E-state index in [9.17, 15) is 0 Å². The number of unbranched alkanes of at least 4 members (excludes halogenated alkanes) is 16. The lowest BCUT2D eigenvalue weighted by atomic mass is 10.1. The van der Waals surface area contributed by atoms with Crippen LogP contribution in [0.2, 0.25) is 0 Å². The van der Waals surface area contributed by atoms with Gasteiger partial charge in [-0.15, -0.1) is 0 Å². The monoisotopic (exact) mass is 445 g/mol. The van der Waals surface area contributed by atoms with Gasteiger partial charge >= 0.3 is 0 Å². The van der Waals surface area contributed by atoms with Gasteiger partial charge in [0.05, 0.1) is 26.2 Å². The second-order valence-corrected chi connectivity index (χ2v) is 9.89. The van der Waals surface area contributed by atoms with Crippen molar-refractivity contribution in [2.45, 2.75) is 156 Å². The summed E-state index contributed by atoms with van der Waals surface area (Å²) in [6.45, 7) is 15.2. The van der Waals surface area contributed by atoms with Gasteiger partial charge in [-0.2, -0.15) is 0 Å². The number of halogens is 1. The van der Waals surface area contributed by atoms with E-state index >= 15 is 0 Å². The van der Waals surface area contributed by atoms with Crippen molar-refractivity contribution in [2.75, 3.05) is 26.2 Å². The summed E-state index contributed by atoms with van der Waals surface area (Å²) in [6, 6.07) is 0. The third-order valence-corrected chi connectivity index (χ3v) is 6.94. The van der Waals surface area contributed by atoms with Gasteiger partial charge in [0.15, 0.2) is 0 Å². The Balaban J connectivity index is 0. The smallest absolute Gasteiger partial charge is 0.0786 e. The molecule has 184 valence electrons. The molecule has 0 radical (unpaired) electrons. The molecule has 0 atom stereocenters. The first-order valence-corrected chi connectivity index (χ1v) is 14.1. The molecule has 0 bridgehead atoms. The fourth-order valence-corrected chi connectivity index (χ4v) is 4.87. The summed E-state index contributed by atoms with van der Waals surface area (Å²) < 4.78 is 1.47. The minimum absolute atomic E-state index is 0. The summed E-state index contributed by atoms with van der Waals surface area (Å²) in [6.07, 6.45) is 28.8. The molecule has 0 aliphatic rings. The largest absolute Gasteiger partial charge is 1.00 e. The van der Waals surface area contributed by atoms with Crippen molar-refractivity contribution < 1.29 is 16.9 Å². The Morgan fingerprint density at radius 2 is 0.500 bits per heavy atom. The SMILES string of the molecule is CCCCCCC[N+](CCCCCCC)(CCCCCCC)CCCCCCC.[Cl-]. The highest BCUT2D eigenvalue weighted by atomic mass is 35.5. The maximum atomic E-state index is 2.34. The summed E-state index contributed by atoms with van der Waals surface area (Å²) in [5.74, 6) is 0. The van der Waals surface area contributed by atoms with Crippen LogP contribution in [0.4, 0.5) is 0 Å². The van der Waals surface area contributed by atoms with E-state index in [0.29, 0.717) is 0 Å². The van der Waals surface area contributed by atoms with E-state index in [2.05, 4.69) is 27.7 Å². The summed E-state index contributed by atoms with van der Waals surface area (Å²) >= 11 is 0. The predicted molar refractivity (Wildman–Crippen MR) is 135 cm³/mol. The van der Waals surface area contributed by atoms with E-state index in [1.165, 1.54) is 159 Å². The van der Waals surface area contributed by atoms with Crippen LogP contribution >= 0.6 is 0 Å². The predicted octanol–water partition coefficient (Wildman–Crippen LogP) is 6.69. The van der Waals surface area contributed by atoms with E-state index in [1.807, 2.05) is 0 Å². The van der Waals surface area contributed by atoms with Gasteiger partial charge < -0.3 is 16.9 Å². The van der Waals surface area contributed by atoms with Crippen LogP contribution in [0.15, 0.2) is 0 Å². The molecule has 0 saturated heterocycles. The van der Waals surface area contributed by atoms with Crippen LogP contribution in [0.5, 0.6) is 0 Å². The van der Waals surface area contributed by atoms with Crippen molar-refractivity contribution in [3.05, 3.63) is 0 Å². The van der Waals surface area contributed by atoms with Crippen LogP contribution < -0.4 is 12.4 Å². The van der Waals surface area contributed by atoms with E-state index in [-0.39, 0.29) is 12.4 Å². The van der Waals surface area contributed by atoms with Crippen LogP contribution in [0.3, 0.4) is 0 Å². The first-order chi connectivity index (χ1) is 14.2. The van der Waals surface area contributed by atoms with Gasteiger partial charge in [-0.05, 0) is 51.4 Å². The summed E-state index contributed by atoms with van der Waals surface area (Å²) in [5, 5.41) is 0. The molecule has 0 heterocycles. The Morgan fingerprint density at radius 1 is 0.300 bits per heavy atom. The molecule has 0 amide bonds. The van der Waals surface area contributed by atoms with Crippen LogP contribution in [-0.4, -0.2) is 30.7 Å². The zero-order valence-corrected chi connectivity index (χ0v) is 22.6. The van der Waals surface area contributed by atoms with Crippen molar-refractivity contribution in [2.24, 2.45) is 0 Å². The lowest BCUT2D eigenvalue weighted by Gasteiger charge is -2.39. The van der Waals surface area contributed by atoms with Crippen molar-refractivity contribution in [1.82, 2.24) is 0 Å². The maximum absolute atomic E-state index is 2.34. The molecule has 30 heavy (non-hydrogen) atoms. The first kappa shape index (κ1) is 32.4. The molecule has 0 aromatic carbocycles. The molecule has 0 fully saturated rings. The van der Waals surface area contributed by atoms with Crippen LogP contribution in [0.25, 0.3) is 0 Å². The normalized spacial score (nSPS) is 11.6. The minimum Gasteiger partial charge on any atom is -1.00 e.